The molecule has 0 amide bonds. The Bertz CT molecular complexity index is 564. The highest BCUT2D eigenvalue weighted by Gasteiger charge is 2.13. The van der Waals surface area contributed by atoms with Crippen LogP contribution in [0, 0.1) is 11.9 Å². The van der Waals surface area contributed by atoms with Gasteiger partial charge in [-0.3, -0.25) is 0 Å². The Morgan fingerprint density at radius 2 is 2.11 bits per heavy atom. The zero-order chi connectivity index (χ0) is 13.0. The van der Waals surface area contributed by atoms with E-state index in [1.165, 1.54) is 12.1 Å². The Hall–Kier alpha value is -2.16. The van der Waals surface area contributed by atoms with Crippen molar-refractivity contribution in [1.82, 2.24) is 0 Å². The lowest BCUT2D eigenvalue weighted by molar-refractivity contribution is 0.0527. The third kappa shape index (κ3) is 2.56. The summed E-state index contributed by atoms with van der Waals surface area (Å²) in [7, 11) is 0. The van der Waals surface area contributed by atoms with Crippen LogP contribution in [0.15, 0.2) is 42.5 Å². The van der Waals surface area contributed by atoms with Crippen molar-refractivity contribution >= 4 is 5.97 Å². The van der Waals surface area contributed by atoms with E-state index in [2.05, 4.69) is 6.07 Å². The first-order valence-electron chi connectivity index (χ1n) is 5.66. The van der Waals surface area contributed by atoms with E-state index < -0.39 is 11.8 Å². The van der Waals surface area contributed by atoms with Gasteiger partial charge < -0.3 is 4.74 Å². The standard InChI is InChI=1S/C15H12FO2/c1-2-18-15(17)14-9-4-3-8-13(14)11-6-5-7-12(16)10-11/h3-6,8-10H,2H2,1H3. The van der Waals surface area contributed by atoms with Gasteiger partial charge in [-0.05, 0) is 30.2 Å². The van der Waals surface area contributed by atoms with E-state index in [0.717, 1.165) is 0 Å². The minimum atomic E-state index is -0.453. The van der Waals surface area contributed by atoms with Crippen LogP contribution < -0.4 is 0 Å². The molecule has 0 fully saturated rings. The second-order valence-electron chi connectivity index (χ2n) is 3.69. The summed E-state index contributed by atoms with van der Waals surface area (Å²) in [4.78, 5) is 11.8. The van der Waals surface area contributed by atoms with Crippen LogP contribution in [0.4, 0.5) is 4.39 Å². The molecule has 0 aromatic heterocycles. The van der Waals surface area contributed by atoms with Crippen molar-refractivity contribution in [3.63, 3.8) is 0 Å². The maximum Gasteiger partial charge on any atom is 0.338 e. The van der Waals surface area contributed by atoms with Gasteiger partial charge in [0.05, 0.1) is 12.2 Å². The van der Waals surface area contributed by atoms with Crippen molar-refractivity contribution in [1.29, 1.82) is 0 Å². The van der Waals surface area contributed by atoms with Crippen LogP contribution >= 0.6 is 0 Å². The lowest BCUT2D eigenvalue weighted by Crippen LogP contribution is -2.06. The Morgan fingerprint density at radius 1 is 1.33 bits per heavy atom. The molecule has 2 aromatic rings. The van der Waals surface area contributed by atoms with Gasteiger partial charge in [-0.1, -0.05) is 30.3 Å². The molecule has 0 unspecified atom stereocenters. The summed E-state index contributed by atoms with van der Waals surface area (Å²) in [6.07, 6.45) is 0. The number of hydrogen-bond donors (Lipinski definition) is 0. The molecule has 2 nitrogen and oxygen atoms in total. The predicted octanol–water partition coefficient (Wildman–Crippen LogP) is 3.47. The Balaban J connectivity index is 2.48. The molecule has 0 atom stereocenters. The normalized spacial score (nSPS) is 10.1. The number of carbonyl (C=O) groups excluding carboxylic acids is 1. The van der Waals surface area contributed by atoms with Gasteiger partial charge in [0.1, 0.15) is 5.82 Å². The fourth-order valence-electron chi connectivity index (χ4n) is 1.73. The van der Waals surface area contributed by atoms with E-state index in [4.69, 9.17) is 4.74 Å². The van der Waals surface area contributed by atoms with E-state index in [-0.39, 0.29) is 0 Å². The lowest BCUT2D eigenvalue weighted by atomic mass is 10.00. The number of esters is 1. The second kappa shape index (κ2) is 5.45. The summed E-state index contributed by atoms with van der Waals surface area (Å²) in [6, 6.07) is 14.0. The fraction of sp³-hybridized carbons (Fsp3) is 0.133. The van der Waals surface area contributed by atoms with E-state index in [9.17, 15) is 9.18 Å². The van der Waals surface area contributed by atoms with Crippen molar-refractivity contribution in [2.75, 3.05) is 6.61 Å². The van der Waals surface area contributed by atoms with Crippen LogP contribution in [0.2, 0.25) is 0 Å². The molecule has 3 heteroatoms. The smallest absolute Gasteiger partial charge is 0.338 e. The van der Waals surface area contributed by atoms with Gasteiger partial charge in [-0.15, -0.1) is 0 Å². The third-order valence-corrected chi connectivity index (χ3v) is 2.50. The maximum atomic E-state index is 13.2. The average molecular weight is 243 g/mol. The number of ether oxygens (including phenoxy) is 1. The molecule has 0 bridgehead atoms. The summed E-state index contributed by atoms with van der Waals surface area (Å²) in [5, 5.41) is 0. The van der Waals surface area contributed by atoms with E-state index in [0.29, 0.717) is 23.3 Å². The molecule has 2 rings (SSSR count). The van der Waals surface area contributed by atoms with Crippen molar-refractivity contribution in [2.24, 2.45) is 0 Å². The van der Waals surface area contributed by atoms with Crippen LogP contribution in [0.25, 0.3) is 11.1 Å². The van der Waals surface area contributed by atoms with Gasteiger partial charge in [-0.25, -0.2) is 9.18 Å². The van der Waals surface area contributed by atoms with Crippen LogP contribution in [0.3, 0.4) is 0 Å². The molecule has 18 heavy (non-hydrogen) atoms. The Morgan fingerprint density at radius 3 is 2.83 bits per heavy atom. The molecule has 0 aliphatic carbocycles. The Kier molecular flexibility index (Phi) is 3.72. The topological polar surface area (TPSA) is 26.3 Å². The van der Waals surface area contributed by atoms with Crippen molar-refractivity contribution < 1.29 is 13.9 Å². The number of rotatable bonds is 3. The molecule has 2 aromatic carbocycles. The quantitative estimate of drug-likeness (QED) is 0.771. The molecule has 0 aliphatic rings. The third-order valence-electron chi connectivity index (χ3n) is 2.50. The molecule has 1 radical (unpaired) electrons. The molecule has 0 aliphatic heterocycles. The van der Waals surface area contributed by atoms with Crippen molar-refractivity contribution in [3.8, 4) is 11.1 Å². The van der Waals surface area contributed by atoms with Gasteiger partial charge in [-0.2, -0.15) is 0 Å². The first-order chi connectivity index (χ1) is 8.72. The van der Waals surface area contributed by atoms with Gasteiger partial charge in [0.15, 0.2) is 0 Å². The summed E-state index contributed by atoms with van der Waals surface area (Å²) in [5.41, 5.74) is 1.73. The van der Waals surface area contributed by atoms with Gasteiger partial charge in [0.2, 0.25) is 0 Å². The SMILES string of the molecule is CCOC(=O)c1ccccc1-c1cc[c]c(F)c1. The molecule has 0 N–H and O–H groups in total. The maximum absolute atomic E-state index is 13.2. The summed E-state index contributed by atoms with van der Waals surface area (Å²) >= 11 is 0. The highest BCUT2D eigenvalue weighted by Crippen LogP contribution is 2.24. The van der Waals surface area contributed by atoms with Crippen LogP contribution in [0.5, 0.6) is 0 Å². The zero-order valence-corrected chi connectivity index (χ0v) is 9.94. The monoisotopic (exact) mass is 243 g/mol. The van der Waals surface area contributed by atoms with Gasteiger partial charge >= 0.3 is 5.97 Å². The number of halogens is 1. The largest absolute Gasteiger partial charge is 0.462 e. The first-order valence-corrected chi connectivity index (χ1v) is 5.66. The minimum absolute atomic E-state index is 0.310. The number of benzene rings is 2. The van der Waals surface area contributed by atoms with Crippen LogP contribution in [0.1, 0.15) is 17.3 Å². The summed E-state index contributed by atoms with van der Waals surface area (Å²) in [5.74, 6) is -0.854. The Labute approximate surface area is 105 Å². The highest BCUT2D eigenvalue weighted by atomic mass is 19.1. The van der Waals surface area contributed by atoms with Crippen LogP contribution in [-0.4, -0.2) is 12.6 Å². The molecule has 91 valence electrons. The summed E-state index contributed by atoms with van der Waals surface area (Å²) < 4.78 is 18.1. The average Bonchev–Trinajstić information content (AvgIpc) is 2.39. The van der Waals surface area contributed by atoms with Gasteiger partial charge in [0.25, 0.3) is 0 Å². The van der Waals surface area contributed by atoms with Gasteiger partial charge in [0, 0.05) is 6.07 Å². The molecule has 0 spiro atoms. The molecule has 0 heterocycles. The molecule has 0 saturated carbocycles. The highest BCUT2D eigenvalue weighted by molar-refractivity contribution is 5.97. The first kappa shape index (κ1) is 12.3. The summed E-state index contributed by atoms with van der Waals surface area (Å²) in [6.45, 7) is 2.06. The van der Waals surface area contributed by atoms with E-state index in [1.807, 2.05) is 0 Å². The molecular formula is C15H12FO2. The van der Waals surface area contributed by atoms with E-state index >= 15 is 0 Å². The second-order valence-corrected chi connectivity index (χ2v) is 3.69. The molecule has 0 saturated heterocycles. The van der Waals surface area contributed by atoms with E-state index in [1.54, 1.807) is 37.3 Å². The van der Waals surface area contributed by atoms with Crippen LogP contribution in [-0.2, 0) is 4.74 Å². The fourth-order valence-corrected chi connectivity index (χ4v) is 1.73. The zero-order valence-electron chi connectivity index (χ0n) is 9.94. The van der Waals surface area contributed by atoms with Crippen molar-refractivity contribution in [2.45, 2.75) is 6.92 Å². The van der Waals surface area contributed by atoms with Crippen molar-refractivity contribution in [3.05, 3.63) is 59.9 Å². The lowest BCUT2D eigenvalue weighted by Gasteiger charge is -2.08. The molecular weight excluding hydrogens is 231 g/mol. The minimum Gasteiger partial charge on any atom is -0.462 e. The predicted molar refractivity (Wildman–Crippen MR) is 66.6 cm³/mol. The number of carbonyl (C=O) groups is 1. The number of hydrogen-bond acceptors (Lipinski definition) is 2.